The normalized spacial score (nSPS) is 19.6. The van der Waals surface area contributed by atoms with Gasteiger partial charge in [0.2, 0.25) is 0 Å². The number of hydrogen-bond acceptors (Lipinski definition) is 0. The van der Waals surface area contributed by atoms with Crippen LogP contribution in [0.15, 0.2) is 36.4 Å². The van der Waals surface area contributed by atoms with Crippen LogP contribution in [0.1, 0.15) is 87.2 Å². The van der Waals surface area contributed by atoms with Gasteiger partial charge in [-0.15, -0.1) is 0 Å². The average molecular weight is 387 g/mol. The van der Waals surface area contributed by atoms with Crippen molar-refractivity contribution in [2.24, 2.45) is 0 Å². The molecule has 2 aliphatic carbocycles. The molecule has 0 amide bonds. The molecular weight excluding hydrogens is 359 g/mol. The molecule has 2 fully saturated rings. The number of halogens is 2. The largest absolute Gasteiger partial charge is 0.0840 e. The Morgan fingerprint density at radius 1 is 0.538 bits per heavy atom. The van der Waals surface area contributed by atoms with Crippen molar-refractivity contribution >= 4 is 23.2 Å². The van der Waals surface area contributed by atoms with Crippen molar-refractivity contribution in [3.63, 3.8) is 0 Å². The van der Waals surface area contributed by atoms with E-state index in [9.17, 15) is 0 Å². The summed E-state index contributed by atoms with van der Waals surface area (Å²) in [5, 5.41) is 1.87. The molecule has 0 aliphatic heterocycles. The van der Waals surface area contributed by atoms with Gasteiger partial charge in [-0.25, -0.2) is 0 Å². The molecule has 0 aromatic heterocycles. The molecule has 2 saturated carbocycles. The Labute approximate surface area is 167 Å². The molecule has 0 nitrogen and oxygen atoms in total. The van der Waals surface area contributed by atoms with Gasteiger partial charge in [0.1, 0.15) is 0 Å². The van der Waals surface area contributed by atoms with Gasteiger partial charge in [-0.2, -0.15) is 0 Å². The highest BCUT2D eigenvalue weighted by Crippen LogP contribution is 2.41. The minimum Gasteiger partial charge on any atom is -0.0840 e. The summed E-state index contributed by atoms with van der Waals surface area (Å²) in [7, 11) is 0. The molecule has 0 bridgehead atoms. The van der Waals surface area contributed by atoms with Crippen molar-refractivity contribution < 1.29 is 0 Å². The van der Waals surface area contributed by atoms with Gasteiger partial charge in [-0.05, 0) is 84.0 Å². The molecule has 2 aliphatic rings. The predicted molar refractivity (Wildman–Crippen MR) is 114 cm³/mol. The average Bonchev–Trinajstić information content (AvgIpc) is 2.70. The van der Waals surface area contributed by atoms with E-state index in [1.807, 2.05) is 0 Å². The molecule has 2 aromatic carbocycles. The van der Waals surface area contributed by atoms with Crippen molar-refractivity contribution in [2.45, 2.75) is 76.0 Å². The van der Waals surface area contributed by atoms with Gasteiger partial charge < -0.3 is 0 Å². The molecular formula is C24H28Cl2. The zero-order valence-corrected chi connectivity index (χ0v) is 17.0. The van der Waals surface area contributed by atoms with E-state index in [-0.39, 0.29) is 0 Å². The zero-order valence-electron chi connectivity index (χ0n) is 15.4. The van der Waals surface area contributed by atoms with Crippen molar-refractivity contribution in [3.8, 4) is 11.1 Å². The summed E-state index contributed by atoms with van der Waals surface area (Å²) in [6.07, 6.45) is 13.2. The van der Waals surface area contributed by atoms with Crippen LogP contribution in [0.4, 0.5) is 0 Å². The summed E-state index contributed by atoms with van der Waals surface area (Å²) in [6, 6.07) is 13.2. The summed E-state index contributed by atoms with van der Waals surface area (Å²) < 4.78 is 0. The quantitative estimate of drug-likeness (QED) is 0.494. The smallest absolute Gasteiger partial charge is 0.0441 e. The summed E-state index contributed by atoms with van der Waals surface area (Å²) in [5.41, 5.74) is 5.25. The first kappa shape index (κ1) is 18.4. The highest BCUT2D eigenvalue weighted by molar-refractivity contribution is 6.32. The Morgan fingerprint density at radius 2 is 0.923 bits per heavy atom. The zero-order chi connectivity index (χ0) is 17.9. The molecule has 0 heterocycles. The second-order valence-electron chi connectivity index (χ2n) is 8.14. The van der Waals surface area contributed by atoms with Crippen molar-refractivity contribution in [2.75, 3.05) is 0 Å². The maximum Gasteiger partial charge on any atom is 0.0441 e. The molecule has 0 spiro atoms. The maximum absolute atomic E-state index is 6.57. The Bertz CT molecular complexity index is 687. The lowest BCUT2D eigenvalue weighted by atomic mass is 9.82. The van der Waals surface area contributed by atoms with Gasteiger partial charge in [0.15, 0.2) is 0 Å². The minimum absolute atomic E-state index is 0.626. The highest BCUT2D eigenvalue weighted by atomic mass is 35.5. The number of rotatable bonds is 3. The van der Waals surface area contributed by atoms with Crippen LogP contribution >= 0.6 is 23.2 Å². The van der Waals surface area contributed by atoms with E-state index in [1.54, 1.807) is 0 Å². The minimum atomic E-state index is 0.626. The maximum atomic E-state index is 6.57. The van der Waals surface area contributed by atoms with Crippen LogP contribution in [0.3, 0.4) is 0 Å². The van der Waals surface area contributed by atoms with Gasteiger partial charge in [-0.1, -0.05) is 73.9 Å². The first-order valence-corrected chi connectivity index (χ1v) is 11.1. The van der Waals surface area contributed by atoms with E-state index in [4.69, 9.17) is 23.2 Å². The molecule has 0 atom stereocenters. The van der Waals surface area contributed by atoms with Crippen molar-refractivity contribution in [1.29, 1.82) is 0 Å². The molecule has 0 saturated heterocycles. The number of hydrogen-bond donors (Lipinski definition) is 0. The fourth-order valence-electron chi connectivity index (χ4n) is 4.90. The lowest BCUT2D eigenvalue weighted by Gasteiger charge is -2.25. The third-order valence-electron chi connectivity index (χ3n) is 6.42. The molecule has 2 heteroatoms. The molecule has 0 N–H and O–H groups in total. The van der Waals surface area contributed by atoms with E-state index in [2.05, 4.69) is 36.4 Å². The van der Waals surface area contributed by atoms with Gasteiger partial charge in [0, 0.05) is 10.0 Å². The second-order valence-corrected chi connectivity index (χ2v) is 8.96. The third kappa shape index (κ3) is 3.97. The summed E-state index contributed by atoms with van der Waals surface area (Å²) in [6.45, 7) is 0. The summed E-state index contributed by atoms with van der Waals surface area (Å²) in [5.74, 6) is 1.25. The SMILES string of the molecule is Clc1ccc(-c2ccc(Cl)c(C3CCCCC3)c2)cc1C1CCCCC1. The van der Waals surface area contributed by atoms with E-state index >= 15 is 0 Å². The van der Waals surface area contributed by atoms with Gasteiger partial charge in [0.25, 0.3) is 0 Å². The molecule has 0 radical (unpaired) electrons. The molecule has 0 unspecified atom stereocenters. The summed E-state index contributed by atoms with van der Waals surface area (Å²) in [4.78, 5) is 0. The Balaban J connectivity index is 1.66. The van der Waals surface area contributed by atoms with Crippen LogP contribution in [0.2, 0.25) is 10.0 Å². The van der Waals surface area contributed by atoms with E-state index < -0.39 is 0 Å². The van der Waals surface area contributed by atoms with Gasteiger partial charge >= 0.3 is 0 Å². The van der Waals surface area contributed by atoms with Crippen molar-refractivity contribution in [3.05, 3.63) is 57.6 Å². The van der Waals surface area contributed by atoms with Crippen LogP contribution < -0.4 is 0 Å². The fraction of sp³-hybridized carbons (Fsp3) is 0.500. The third-order valence-corrected chi connectivity index (χ3v) is 7.10. The number of benzene rings is 2. The fourth-order valence-corrected chi connectivity index (χ4v) is 5.44. The standard InChI is InChI=1S/C24H28Cl2/c25-23-13-11-19(15-21(23)17-7-3-1-4-8-17)20-12-14-24(26)22(16-20)18-9-5-2-6-10-18/h11-18H,1-10H2. The molecule has 4 rings (SSSR count). The van der Waals surface area contributed by atoms with E-state index in [0.717, 1.165) is 10.0 Å². The van der Waals surface area contributed by atoms with Crippen LogP contribution in [0, 0.1) is 0 Å². The first-order valence-electron chi connectivity index (χ1n) is 10.3. The first-order chi connectivity index (χ1) is 12.7. The Hall–Kier alpha value is -0.980. The highest BCUT2D eigenvalue weighted by Gasteiger charge is 2.21. The van der Waals surface area contributed by atoms with E-state index in [1.165, 1.54) is 86.5 Å². The van der Waals surface area contributed by atoms with Crippen LogP contribution in [-0.4, -0.2) is 0 Å². The molecule has 26 heavy (non-hydrogen) atoms. The second kappa shape index (κ2) is 8.36. The molecule has 2 aromatic rings. The molecule has 138 valence electrons. The van der Waals surface area contributed by atoms with Crippen LogP contribution in [-0.2, 0) is 0 Å². The predicted octanol–water partition coefficient (Wildman–Crippen LogP) is 8.76. The topological polar surface area (TPSA) is 0 Å². The van der Waals surface area contributed by atoms with Gasteiger partial charge in [0.05, 0.1) is 0 Å². The lowest BCUT2D eigenvalue weighted by Crippen LogP contribution is -2.06. The Morgan fingerprint density at radius 3 is 1.31 bits per heavy atom. The van der Waals surface area contributed by atoms with Crippen LogP contribution in [0.25, 0.3) is 11.1 Å². The van der Waals surface area contributed by atoms with E-state index in [0.29, 0.717) is 11.8 Å². The van der Waals surface area contributed by atoms with Gasteiger partial charge in [-0.3, -0.25) is 0 Å². The lowest BCUT2D eigenvalue weighted by molar-refractivity contribution is 0.443. The van der Waals surface area contributed by atoms with Crippen molar-refractivity contribution in [1.82, 2.24) is 0 Å². The van der Waals surface area contributed by atoms with Crippen LogP contribution in [0.5, 0.6) is 0 Å². The monoisotopic (exact) mass is 386 g/mol. The Kier molecular flexibility index (Phi) is 5.91. The summed E-state index contributed by atoms with van der Waals surface area (Å²) >= 11 is 13.1.